The van der Waals surface area contributed by atoms with Crippen LogP contribution in [-0.2, 0) is 0 Å². The minimum Gasteiger partial charge on any atom is -0.391 e. The van der Waals surface area contributed by atoms with Gasteiger partial charge in [-0.25, -0.2) is 0 Å². The van der Waals surface area contributed by atoms with Crippen LogP contribution in [0, 0.1) is 0 Å². The van der Waals surface area contributed by atoms with Gasteiger partial charge < -0.3 is 4.15 Å². The minimum absolute atomic E-state index is 0.437. The predicted octanol–water partition coefficient (Wildman–Crippen LogP) is 0.142. The van der Waals surface area contributed by atoms with Crippen LogP contribution < -0.4 is 0 Å². The first-order chi connectivity index (χ1) is 3.25. The van der Waals surface area contributed by atoms with E-state index in [0.29, 0.717) is 5.54 Å². The lowest BCUT2D eigenvalue weighted by molar-refractivity contribution is -0.826. The van der Waals surface area contributed by atoms with Crippen molar-refractivity contribution in [3.8, 4) is 0 Å². The topological polar surface area (TPSA) is 0 Å². The maximum atomic E-state index is 2.28. The van der Waals surface area contributed by atoms with E-state index in [1.807, 2.05) is 0 Å². The van der Waals surface area contributed by atoms with Crippen molar-refractivity contribution in [1.82, 2.24) is 0 Å². The largest absolute Gasteiger partial charge is 0.391 e. The molecule has 0 aromatic heterocycles. The fourth-order valence-electron chi connectivity index (χ4n) is 0. The molecule has 0 heterocycles. The van der Waals surface area contributed by atoms with Gasteiger partial charge in [-0.15, -0.1) is 0 Å². The van der Waals surface area contributed by atoms with Crippen LogP contribution in [0.1, 0.15) is 20.8 Å². The summed E-state index contributed by atoms with van der Waals surface area (Å²) in [6, 6.07) is 0. The fourth-order valence-corrected chi connectivity index (χ4v) is 0. The summed E-state index contributed by atoms with van der Waals surface area (Å²) < 4.78 is 1.16. The molecule has 0 amide bonds. The van der Waals surface area contributed by atoms with Gasteiger partial charge in [-0.2, -0.15) is 0 Å². The third-order valence-electron chi connectivity index (χ3n) is 2.01. The predicted molar refractivity (Wildman–Crippen MR) is 41.8 cm³/mol. The molecule has 0 aromatic rings. The van der Waals surface area contributed by atoms with E-state index < -0.39 is 0 Å². The van der Waals surface area contributed by atoms with E-state index in [2.05, 4.69) is 34.9 Å². The molecule has 0 bridgehead atoms. The number of quaternary nitrogens is 1. The average molecular weight is 132 g/mol. The zero-order chi connectivity index (χ0) is 7.00. The molecule has 2 heteroatoms. The van der Waals surface area contributed by atoms with Crippen molar-refractivity contribution < 1.29 is 4.15 Å². The molecule has 0 radical (unpaired) electrons. The molecule has 0 aliphatic carbocycles. The van der Waals surface area contributed by atoms with Crippen LogP contribution in [0.2, 0.25) is 0 Å². The van der Waals surface area contributed by atoms with Crippen LogP contribution in [0.5, 0.6) is 0 Å². The molecule has 0 aromatic carbocycles. The van der Waals surface area contributed by atoms with Gasteiger partial charge in [0, 0.05) is 0 Å². The van der Waals surface area contributed by atoms with Gasteiger partial charge in [-0.3, -0.25) is 0 Å². The molecule has 0 saturated heterocycles. The van der Waals surface area contributed by atoms with E-state index in [4.69, 9.17) is 0 Å². The van der Waals surface area contributed by atoms with Gasteiger partial charge in [0.1, 0.15) is 0 Å². The van der Waals surface area contributed by atoms with Gasteiger partial charge in [0.05, 0.1) is 19.6 Å². The highest BCUT2D eigenvalue weighted by molar-refractivity contribution is 5.97. The Morgan fingerprint density at radius 1 is 1.12 bits per heavy atom. The molecule has 0 unspecified atom stereocenters. The van der Waals surface area contributed by atoms with Gasteiger partial charge in [0.15, 0.2) is 0 Å². The van der Waals surface area contributed by atoms with Gasteiger partial charge in [-0.05, 0) is 20.8 Å². The molecule has 0 saturated carbocycles. The Morgan fingerprint density at radius 3 is 1.25 bits per heavy atom. The Morgan fingerprint density at radius 2 is 1.25 bits per heavy atom. The van der Waals surface area contributed by atoms with Crippen molar-refractivity contribution in [2.24, 2.45) is 0 Å². The van der Waals surface area contributed by atoms with E-state index in [1.165, 1.54) is 10.4 Å². The van der Waals surface area contributed by atoms with Crippen molar-refractivity contribution in [1.29, 1.82) is 0 Å². The molecule has 0 spiro atoms. The highest BCUT2D eigenvalue weighted by atomic mass is 28.2. The van der Waals surface area contributed by atoms with Crippen molar-refractivity contribution >= 4 is 10.4 Å². The van der Waals surface area contributed by atoms with Crippen molar-refractivity contribution in [3.05, 3.63) is 0 Å². The van der Waals surface area contributed by atoms with Crippen LogP contribution in [0.3, 0.4) is 0 Å². The van der Waals surface area contributed by atoms with E-state index in [9.17, 15) is 0 Å². The lowest BCUT2D eigenvalue weighted by atomic mass is 10.1. The summed E-state index contributed by atoms with van der Waals surface area (Å²) in [7, 11) is 5.76. The molecule has 1 nitrogen and oxygen atoms in total. The Hall–Kier alpha value is 0.177. The van der Waals surface area contributed by atoms with E-state index in [-0.39, 0.29) is 0 Å². The second-order valence-electron chi connectivity index (χ2n) is 4.18. The summed E-state index contributed by atoms with van der Waals surface area (Å²) in [4.78, 5) is 0. The van der Waals surface area contributed by atoms with E-state index in [1.54, 1.807) is 0 Å². The monoisotopic (exact) mass is 132 g/mol. The van der Waals surface area contributed by atoms with Gasteiger partial charge >= 0.3 is 0 Å². The summed E-state index contributed by atoms with van der Waals surface area (Å²) >= 11 is 0. The molecule has 0 N–H and O–H groups in total. The van der Waals surface area contributed by atoms with Crippen LogP contribution >= 0.6 is 0 Å². The van der Waals surface area contributed by atoms with Gasteiger partial charge in [0.2, 0.25) is 10.4 Å². The quantitative estimate of drug-likeness (QED) is 0.411. The first kappa shape index (κ1) is 8.18. The summed E-state index contributed by atoms with van der Waals surface area (Å²) in [5.41, 5.74) is 0.437. The van der Waals surface area contributed by atoms with Crippen LogP contribution in [0.4, 0.5) is 0 Å². The zero-order valence-corrected chi connectivity index (χ0v) is 8.95. The fraction of sp³-hybridized carbons (Fsp3) is 1.00. The number of rotatable bonds is 0. The van der Waals surface area contributed by atoms with Crippen molar-refractivity contribution in [3.63, 3.8) is 0 Å². The lowest BCUT2D eigenvalue weighted by Gasteiger charge is -2.40. The molecule has 50 valence electrons. The standard InChI is InChI=1S/C6H18NSi/c1-6(2,3)7(4,5)8/h1-5,8H3/q+1. The maximum absolute atomic E-state index is 2.28. The highest BCUT2D eigenvalue weighted by Crippen LogP contribution is 2.13. The molecule has 0 aliphatic rings. The third kappa shape index (κ3) is 1.97. The van der Waals surface area contributed by atoms with E-state index >= 15 is 0 Å². The van der Waals surface area contributed by atoms with Gasteiger partial charge in [-0.1, -0.05) is 0 Å². The average Bonchev–Trinajstić information content (AvgIpc) is 1.25. The Bertz CT molecular complexity index is 63.5. The minimum atomic E-state index is 0.437. The first-order valence-corrected chi connectivity index (χ1v) is 3.96. The second-order valence-corrected chi connectivity index (χ2v) is 6.42. The summed E-state index contributed by atoms with van der Waals surface area (Å²) in [6.07, 6.45) is 0. The highest BCUT2D eigenvalue weighted by Gasteiger charge is 2.24. The Labute approximate surface area is 55.8 Å². The van der Waals surface area contributed by atoms with E-state index in [0.717, 1.165) is 4.15 Å². The summed E-state index contributed by atoms with van der Waals surface area (Å²) in [5.74, 6) is 0. The Balaban J connectivity index is 4.02. The van der Waals surface area contributed by atoms with Crippen LogP contribution in [0.15, 0.2) is 0 Å². The van der Waals surface area contributed by atoms with Crippen LogP contribution in [-0.4, -0.2) is 34.2 Å². The van der Waals surface area contributed by atoms with Crippen molar-refractivity contribution in [2.75, 3.05) is 14.1 Å². The Kier molecular flexibility index (Phi) is 1.89. The van der Waals surface area contributed by atoms with Crippen LogP contribution in [0.25, 0.3) is 0 Å². The normalized spacial score (nSPS) is 14.6. The zero-order valence-electron chi connectivity index (χ0n) is 6.95. The molecule has 0 atom stereocenters. The molecule has 0 aliphatic heterocycles. The summed E-state index contributed by atoms with van der Waals surface area (Å²) in [5, 5.41) is 0. The SMILES string of the molecule is CC(C)(C)[N+](C)(C)[SiH3]. The number of hydrogen-bond acceptors (Lipinski definition) is 0. The summed E-state index contributed by atoms with van der Waals surface area (Å²) in [6.45, 7) is 6.83. The van der Waals surface area contributed by atoms with Crippen molar-refractivity contribution in [2.45, 2.75) is 26.3 Å². The number of hydrogen-bond donors (Lipinski definition) is 0. The molecule has 8 heavy (non-hydrogen) atoms. The molecule has 0 fully saturated rings. The lowest BCUT2D eigenvalue weighted by Crippen LogP contribution is -2.52. The maximum Gasteiger partial charge on any atom is 0.239 e. The smallest absolute Gasteiger partial charge is 0.239 e. The third-order valence-corrected chi connectivity index (χ3v) is 3.35. The molecule has 0 rings (SSSR count). The molecular weight excluding hydrogens is 114 g/mol. The molecular formula is C6H18NSi+. The second kappa shape index (κ2) is 1.85. The first-order valence-electron chi connectivity index (χ1n) is 3.07. The van der Waals surface area contributed by atoms with Gasteiger partial charge in [0.25, 0.3) is 0 Å². The number of nitrogens with zero attached hydrogens (tertiary/aromatic N) is 1.